The fourth-order valence-corrected chi connectivity index (χ4v) is 2.11. The van der Waals surface area contributed by atoms with Gasteiger partial charge in [-0.15, -0.1) is 0 Å². The minimum absolute atomic E-state index is 0.192. The number of oxazole rings is 1. The number of hydrogen-bond acceptors (Lipinski definition) is 5. The summed E-state index contributed by atoms with van der Waals surface area (Å²) in [6, 6.07) is 4.83. The number of benzene rings is 1. The molecular weight excluding hydrogens is 282 g/mol. The minimum atomic E-state index is -0.500. The molecule has 0 fully saturated rings. The second kappa shape index (κ2) is 7.61. The maximum atomic E-state index is 12.0. The lowest BCUT2D eigenvalue weighted by atomic mass is 10.1. The molecule has 0 saturated heterocycles. The Morgan fingerprint density at radius 2 is 2.32 bits per heavy atom. The first-order valence-corrected chi connectivity index (χ1v) is 7.29. The number of nitrogens with one attached hydrogen (secondary N) is 1. The summed E-state index contributed by atoms with van der Waals surface area (Å²) in [6.45, 7) is 2.07. The van der Waals surface area contributed by atoms with Crippen molar-refractivity contribution in [2.75, 3.05) is 12.4 Å². The average molecular weight is 303 g/mol. The van der Waals surface area contributed by atoms with E-state index in [1.165, 1.54) is 6.39 Å². The van der Waals surface area contributed by atoms with Gasteiger partial charge in [-0.25, -0.2) is 4.98 Å². The number of unbranched alkanes of at least 4 members (excludes halogenated alkanes) is 1. The van der Waals surface area contributed by atoms with Crippen molar-refractivity contribution in [1.29, 1.82) is 0 Å². The van der Waals surface area contributed by atoms with Gasteiger partial charge in [0.05, 0.1) is 24.9 Å². The van der Waals surface area contributed by atoms with E-state index in [2.05, 4.69) is 17.2 Å². The molecule has 1 aromatic carbocycles. The standard InChI is InChI=1S/C16H21N3O3/c1-3-4-5-13(17)16(20)19-11-6-7-12(14(8-11)21-2)15-9-18-10-22-15/h6-10,13H,3-5,17H2,1-2H3,(H,19,20). The van der Waals surface area contributed by atoms with Gasteiger partial charge < -0.3 is 20.2 Å². The van der Waals surface area contributed by atoms with Crippen LogP contribution in [0.1, 0.15) is 26.2 Å². The normalized spacial score (nSPS) is 12.0. The Kier molecular flexibility index (Phi) is 5.55. The van der Waals surface area contributed by atoms with Crippen LogP contribution in [0.5, 0.6) is 5.75 Å². The Balaban J connectivity index is 2.11. The van der Waals surface area contributed by atoms with E-state index in [4.69, 9.17) is 14.9 Å². The van der Waals surface area contributed by atoms with Crippen LogP contribution in [0.3, 0.4) is 0 Å². The number of carbonyl (C=O) groups is 1. The summed E-state index contributed by atoms with van der Waals surface area (Å²) in [4.78, 5) is 15.9. The Bertz CT molecular complexity index is 611. The van der Waals surface area contributed by atoms with E-state index < -0.39 is 6.04 Å². The molecular formula is C16H21N3O3. The van der Waals surface area contributed by atoms with E-state index in [0.29, 0.717) is 23.6 Å². The second-order valence-electron chi connectivity index (χ2n) is 5.02. The number of methoxy groups -OCH3 is 1. The van der Waals surface area contributed by atoms with Crippen molar-refractivity contribution in [3.8, 4) is 17.1 Å². The number of carbonyl (C=O) groups excluding carboxylic acids is 1. The first-order valence-electron chi connectivity index (χ1n) is 7.29. The van der Waals surface area contributed by atoms with Crippen LogP contribution in [0.25, 0.3) is 11.3 Å². The average Bonchev–Trinajstić information content (AvgIpc) is 3.06. The lowest BCUT2D eigenvalue weighted by molar-refractivity contribution is -0.117. The van der Waals surface area contributed by atoms with Gasteiger partial charge in [0.15, 0.2) is 12.2 Å². The molecule has 1 aromatic heterocycles. The zero-order valence-corrected chi connectivity index (χ0v) is 12.8. The number of aromatic nitrogens is 1. The molecule has 3 N–H and O–H groups in total. The molecule has 0 saturated carbocycles. The van der Waals surface area contributed by atoms with Crippen LogP contribution >= 0.6 is 0 Å². The van der Waals surface area contributed by atoms with Crippen molar-refractivity contribution in [3.63, 3.8) is 0 Å². The largest absolute Gasteiger partial charge is 0.496 e. The van der Waals surface area contributed by atoms with Crippen LogP contribution in [-0.2, 0) is 4.79 Å². The molecule has 0 bridgehead atoms. The van der Waals surface area contributed by atoms with E-state index >= 15 is 0 Å². The monoisotopic (exact) mass is 303 g/mol. The summed E-state index contributed by atoms with van der Waals surface area (Å²) in [5.74, 6) is 1.01. The van der Waals surface area contributed by atoms with Gasteiger partial charge in [0.1, 0.15) is 5.75 Å². The topological polar surface area (TPSA) is 90.4 Å². The molecule has 1 unspecified atom stereocenters. The Hall–Kier alpha value is -2.34. The number of nitrogens with zero attached hydrogens (tertiary/aromatic N) is 1. The van der Waals surface area contributed by atoms with Gasteiger partial charge in [-0.1, -0.05) is 19.8 Å². The summed E-state index contributed by atoms with van der Waals surface area (Å²) in [7, 11) is 1.56. The summed E-state index contributed by atoms with van der Waals surface area (Å²) in [6.07, 6.45) is 5.59. The maximum Gasteiger partial charge on any atom is 0.241 e. The molecule has 0 aliphatic rings. The molecule has 1 atom stereocenters. The Morgan fingerprint density at radius 1 is 1.50 bits per heavy atom. The molecule has 1 heterocycles. The highest BCUT2D eigenvalue weighted by atomic mass is 16.5. The quantitative estimate of drug-likeness (QED) is 0.820. The van der Waals surface area contributed by atoms with Crippen molar-refractivity contribution >= 4 is 11.6 Å². The van der Waals surface area contributed by atoms with Crippen molar-refractivity contribution < 1.29 is 13.9 Å². The molecule has 0 aliphatic heterocycles. The van der Waals surface area contributed by atoms with Gasteiger partial charge >= 0.3 is 0 Å². The zero-order chi connectivity index (χ0) is 15.9. The number of rotatable bonds is 7. The Labute approximate surface area is 129 Å². The van der Waals surface area contributed by atoms with E-state index in [1.807, 2.05) is 6.07 Å². The van der Waals surface area contributed by atoms with Crippen LogP contribution in [0.15, 0.2) is 35.2 Å². The van der Waals surface area contributed by atoms with Crippen LogP contribution in [-0.4, -0.2) is 24.0 Å². The molecule has 6 nitrogen and oxygen atoms in total. The first kappa shape index (κ1) is 16.0. The van der Waals surface area contributed by atoms with Crippen LogP contribution in [0.2, 0.25) is 0 Å². The molecule has 22 heavy (non-hydrogen) atoms. The summed E-state index contributed by atoms with van der Waals surface area (Å²) < 4.78 is 10.6. The third kappa shape index (κ3) is 3.85. The van der Waals surface area contributed by atoms with Gasteiger partial charge in [-0.05, 0) is 18.6 Å². The van der Waals surface area contributed by atoms with E-state index in [0.717, 1.165) is 18.4 Å². The van der Waals surface area contributed by atoms with E-state index in [9.17, 15) is 4.79 Å². The number of ether oxygens (including phenoxy) is 1. The number of anilines is 1. The zero-order valence-electron chi connectivity index (χ0n) is 12.8. The smallest absolute Gasteiger partial charge is 0.241 e. The lowest BCUT2D eigenvalue weighted by Crippen LogP contribution is -2.35. The molecule has 0 radical (unpaired) electrons. The molecule has 2 rings (SSSR count). The van der Waals surface area contributed by atoms with Gasteiger partial charge in [0.25, 0.3) is 0 Å². The van der Waals surface area contributed by atoms with Crippen molar-refractivity contribution in [3.05, 3.63) is 30.8 Å². The van der Waals surface area contributed by atoms with Crippen LogP contribution in [0.4, 0.5) is 5.69 Å². The van der Waals surface area contributed by atoms with Crippen molar-refractivity contribution in [2.24, 2.45) is 5.73 Å². The lowest BCUT2D eigenvalue weighted by Gasteiger charge is -2.13. The van der Waals surface area contributed by atoms with Gasteiger partial charge in [0, 0.05) is 11.8 Å². The number of nitrogens with two attached hydrogens (primary N) is 1. The fraction of sp³-hybridized carbons (Fsp3) is 0.375. The highest BCUT2D eigenvalue weighted by molar-refractivity contribution is 5.95. The fourth-order valence-electron chi connectivity index (χ4n) is 2.11. The highest BCUT2D eigenvalue weighted by Crippen LogP contribution is 2.32. The molecule has 6 heteroatoms. The van der Waals surface area contributed by atoms with Crippen LogP contribution < -0.4 is 15.8 Å². The minimum Gasteiger partial charge on any atom is -0.496 e. The molecule has 0 spiro atoms. The highest BCUT2D eigenvalue weighted by Gasteiger charge is 2.15. The Morgan fingerprint density at radius 3 is 2.95 bits per heavy atom. The van der Waals surface area contributed by atoms with E-state index in [1.54, 1.807) is 25.4 Å². The van der Waals surface area contributed by atoms with Crippen LogP contribution in [0, 0.1) is 0 Å². The summed E-state index contributed by atoms with van der Waals surface area (Å²) >= 11 is 0. The summed E-state index contributed by atoms with van der Waals surface area (Å²) in [5.41, 5.74) is 7.27. The molecule has 0 aliphatic carbocycles. The molecule has 118 valence electrons. The number of hydrogen-bond donors (Lipinski definition) is 2. The predicted molar refractivity (Wildman–Crippen MR) is 84.6 cm³/mol. The van der Waals surface area contributed by atoms with Crippen molar-refractivity contribution in [1.82, 2.24) is 4.98 Å². The van der Waals surface area contributed by atoms with E-state index in [-0.39, 0.29) is 5.91 Å². The maximum absolute atomic E-state index is 12.0. The third-order valence-electron chi connectivity index (χ3n) is 3.37. The summed E-state index contributed by atoms with van der Waals surface area (Å²) in [5, 5.41) is 2.81. The predicted octanol–water partition coefficient (Wildman–Crippen LogP) is 2.81. The van der Waals surface area contributed by atoms with Gasteiger partial charge in [-0.2, -0.15) is 0 Å². The third-order valence-corrected chi connectivity index (χ3v) is 3.37. The molecule has 1 amide bonds. The second-order valence-corrected chi connectivity index (χ2v) is 5.02. The number of amides is 1. The first-order chi connectivity index (χ1) is 10.7. The van der Waals surface area contributed by atoms with Crippen molar-refractivity contribution in [2.45, 2.75) is 32.2 Å². The SMILES string of the molecule is CCCCC(N)C(=O)Nc1ccc(-c2cnco2)c(OC)c1. The molecule has 2 aromatic rings. The van der Waals surface area contributed by atoms with Gasteiger partial charge in [-0.3, -0.25) is 4.79 Å². The van der Waals surface area contributed by atoms with Gasteiger partial charge in [0.2, 0.25) is 5.91 Å².